The van der Waals surface area contributed by atoms with Crippen LogP contribution in [-0.4, -0.2) is 27.0 Å². The molecule has 0 saturated heterocycles. The van der Waals surface area contributed by atoms with Gasteiger partial charge in [-0.2, -0.15) is 5.26 Å². The Balaban J connectivity index is 1.97. The highest BCUT2D eigenvalue weighted by Crippen LogP contribution is 2.45. The van der Waals surface area contributed by atoms with Crippen LogP contribution in [0.3, 0.4) is 0 Å². The number of nitrogens with zero attached hydrogens (tertiary/aromatic N) is 5. The molecular weight excluding hydrogens is 454 g/mol. The second kappa shape index (κ2) is 8.80. The van der Waals surface area contributed by atoms with Gasteiger partial charge in [-0.3, -0.25) is 0 Å². The zero-order valence-corrected chi connectivity index (χ0v) is 17.6. The van der Waals surface area contributed by atoms with Gasteiger partial charge in [0.25, 0.3) is 0 Å². The van der Waals surface area contributed by atoms with Gasteiger partial charge in [0.15, 0.2) is 29.2 Å². The number of halogens is 3. The van der Waals surface area contributed by atoms with E-state index in [2.05, 4.69) is 19.9 Å². The van der Waals surface area contributed by atoms with Crippen molar-refractivity contribution in [2.45, 2.75) is 13.0 Å². The maximum atomic E-state index is 15.0. The number of hydrogen-bond donors (Lipinski definition) is 1. The maximum absolute atomic E-state index is 15.0. The Bertz CT molecular complexity index is 1510. The summed E-state index contributed by atoms with van der Waals surface area (Å²) in [5.74, 6) is -2.56. The number of methoxy groups -OCH3 is 1. The quantitative estimate of drug-likeness (QED) is 0.418. The van der Waals surface area contributed by atoms with Gasteiger partial charge in [0.1, 0.15) is 29.1 Å². The molecule has 2 aromatic carbocycles. The number of nitrogen functional groups attached to an aromatic ring is 1. The highest BCUT2D eigenvalue weighted by atomic mass is 35.5. The molecule has 4 rings (SSSR count). The normalized spacial score (nSPS) is 13.5. The van der Waals surface area contributed by atoms with Crippen LogP contribution in [0.5, 0.6) is 11.5 Å². The van der Waals surface area contributed by atoms with E-state index in [1.165, 1.54) is 18.5 Å². The van der Waals surface area contributed by atoms with E-state index in [9.17, 15) is 8.78 Å². The van der Waals surface area contributed by atoms with Crippen molar-refractivity contribution in [1.82, 2.24) is 19.9 Å². The fourth-order valence-corrected chi connectivity index (χ4v) is 3.35. The summed E-state index contributed by atoms with van der Waals surface area (Å²) in [5, 5.41) is 8.21. The third-order valence-electron chi connectivity index (χ3n) is 4.75. The molecule has 0 aliphatic heterocycles. The highest BCUT2D eigenvalue weighted by molar-refractivity contribution is 6.31. The smallest absolute Gasteiger partial charge is 0.175 e. The summed E-state index contributed by atoms with van der Waals surface area (Å²) >= 11 is 5.76. The van der Waals surface area contributed by atoms with Crippen LogP contribution in [0, 0.1) is 23.0 Å². The lowest BCUT2D eigenvalue weighted by Crippen LogP contribution is -2.10. The molecule has 0 bridgehead atoms. The molecule has 0 unspecified atom stereocenters. The van der Waals surface area contributed by atoms with E-state index < -0.39 is 29.8 Å². The van der Waals surface area contributed by atoms with Crippen molar-refractivity contribution in [2.24, 2.45) is 0 Å². The Hall–Kier alpha value is -4.10. The molecule has 2 heterocycles. The van der Waals surface area contributed by atoms with E-state index in [1.807, 2.05) is 6.07 Å². The molecule has 33 heavy (non-hydrogen) atoms. The first-order valence-electron chi connectivity index (χ1n) is 10.8. The lowest BCUT2D eigenvalue weighted by Gasteiger charge is -2.20. The molecule has 0 fully saturated rings. The van der Waals surface area contributed by atoms with Gasteiger partial charge in [-0.1, -0.05) is 11.6 Å². The lowest BCUT2D eigenvalue weighted by molar-refractivity contribution is 0.209. The predicted molar refractivity (Wildman–Crippen MR) is 117 cm³/mol. The zero-order valence-electron chi connectivity index (χ0n) is 19.8. The highest BCUT2D eigenvalue weighted by Gasteiger charge is 2.24. The number of hydrogen-bond acceptors (Lipinski definition) is 8. The van der Waals surface area contributed by atoms with Gasteiger partial charge in [0.2, 0.25) is 0 Å². The average Bonchev–Trinajstić information content (AvgIpc) is 2.83. The summed E-state index contributed by atoms with van der Waals surface area (Å²) in [4.78, 5) is 16.3. The molecule has 2 N–H and O–H groups in total. The van der Waals surface area contributed by atoms with Crippen molar-refractivity contribution in [3.63, 3.8) is 0 Å². The number of nitriles is 1. The van der Waals surface area contributed by atoms with Crippen LogP contribution >= 0.6 is 11.6 Å². The Morgan fingerprint density at radius 1 is 1.18 bits per heavy atom. The largest absolute Gasteiger partial charge is 0.493 e. The number of rotatable bonds is 5. The summed E-state index contributed by atoms with van der Waals surface area (Å²) in [6, 6.07) is 5.15. The topological polar surface area (TPSA) is 120 Å². The van der Waals surface area contributed by atoms with E-state index in [1.54, 1.807) is 6.92 Å². The standard InChI is InChI=1S/C22H15ClF2N6O2/c1-10(22-28-7-11(6-26)8-29-22)33-20-15(32-2)5-13(19-16(20)21(27)31-9-30-19)12-3-4-14(24)17(23)18(12)25/h3-5,7-10H,1-2H3,(H2,27,30,31)/t10-/m1/s1/i2D3. The Labute approximate surface area is 195 Å². The minimum Gasteiger partial charge on any atom is -0.493 e. The monoisotopic (exact) mass is 471 g/mol. The number of nitrogens with two attached hydrogens (primary N) is 1. The molecule has 166 valence electrons. The molecule has 0 aliphatic rings. The minimum absolute atomic E-state index is 0.00683. The van der Waals surface area contributed by atoms with Gasteiger partial charge in [-0.25, -0.2) is 28.7 Å². The average molecular weight is 472 g/mol. The van der Waals surface area contributed by atoms with E-state index >= 15 is 0 Å². The van der Waals surface area contributed by atoms with E-state index in [0.717, 1.165) is 18.5 Å². The van der Waals surface area contributed by atoms with Gasteiger partial charge in [0.05, 0.1) is 27.6 Å². The summed E-state index contributed by atoms with van der Waals surface area (Å²) in [5.41, 5.74) is 6.21. The molecule has 0 radical (unpaired) electrons. The molecule has 2 aromatic heterocycles. The Morgan fingerprint density at radius 2 is 1.94 bits per heavy atom. The van der Waals surface area contributed by atoms with Crippen molar-refractivity contribution in [3.05, 3.63) is 65.0 Å². The first-order chi connectivity index (χ1) is 17.0. The molecule has 0 spiro atoms. The fraction of sp³-hybridized carbons (Fsp3) is 0.136. The van der Waals surface area contributed by atoms with E-state index in [-0.39, 0.29) is 50.7 Å². The van der Waals surface area contributed by atoms with Gasteiger partial charge in [-0.05, 0) is 25.1 Å². The van der Waals surface area contributed by atoms with Crippen LogP contribution in [0.25, 0.3) is 22.0 Å². The van der Waals surface area contributed by atoms with Crippen molar-refractivity contribution in [3.8, 4) is 28.7 Å². The molecule has 0 amide bonds. The predicted octanol–water partition coefficient (Wildman–Crippen LogP) is 4.62. The number of ether oxygens (including phenoxy) is 2. The molecule has 8 nitrogen and oxygen atoms in total. The van der Waals surface area contributed by atoms with Crippen molar-refractivity contribution >= 4 is 28.3 Å². The van der Waals surface area contributed by atoms with Gasteiger partial charge >= 0.3 is 0 Å². The Kier molecular flexibility index (Phi) is 4.92. The van der Waals surface area contributed by atoms with E-state index in [0.29, 0.717) is 0 Å². The van der Waals surface area contributed by atoms with Crippen LogP contribution in [0.4, 0.5) is 14.6 Å². The second-order valence-electron chi connectivity index (χ2n) is 6.76. The third kappa shape index (κ3) is 3.94. The minimum atomic E-state index is -2.94. The summed E-state index contributed by atoms with van der Waals surface area (Å²) in [7, 11) is -2.94. The van der Waals surface area contributed by atoms with Gasteiger partial charge in [-0.15, -0.1) is 0 Å². The van der Waals surface area contributed by atoms with Crippen molar-refractivity contribution < 1.29 is 22.4 Å². The molecule has 1 atom stereocenters. The third-order valence-corrected chi connectivity index (χ3v) is 5.10. The van der Waals surface area contributed by atoms with Crippen molar-refractivity contribution in [1.29, 1.82) is 5.26 Å². The van der Waals surface area contributed by atoms with Gasteiger partial charge < -0.3 is 15.2 Å². The summed E-state index contributed by atoms with van der Waals surface area (Å²) in [6.45, 7) is 1.57. The van der Waals surface area contributed by atoms with Crippen LogP contribution in [0.15, 0.2) is 36.9 Å². The first-order valence-corrected chi connectivity index (χ1v) is 9.66. The summed E-state index contributed by atoms with van der Waals surface area (Å²) in [6.07, 6.45) is 2.82. The molecule has 11 heteroatoms. The van der Waals surface area contributed by atoms with Crippen molar-refractivity contribution in [2.75, 3.05) is 12.8 Å². The van der Waals surface area contributed by atoms with Gasteiger partial charge in [0, 0.05) is 23.5 Å². The summed E-state index contributed by atoms with van der Waals surface area (Å²) < 4.78 is 62.7. The van der Waals surface area contributed by atoms with Crippen LogP contribution in [0.1, 0.15) is 28.5 Å². The molecule has 0 aliphatic carbocycles. The first kappa shape index (κ1) is 18.5. The maximum Gasteiger partial charge on any atom is 0.175 e. The van der Waals surface area contributed by atoms with Crippen LogP contribution in [0.2, 0.25) is 5.02 Å². The number of benzene rings is 2. The van der Waals surface area contributed by atoms with Crippen LogP contribution < -0.4 is 15.2 Å². The Morgan fingerprint density at radius 3 is 2.64 bits per heavy atom. The number of anilines is 1. The number of fused-ring (bicyclic) bond motifs is 1. The van der Waals surface area contributed by atoms with Crippen LogP contribution in [-0.2, 0) is 0 Å². The lowest BCUT2D eigenvalue weighted by atomic mass is 10.00. The zero-order chi connectivity index (χ0) is 26.2. The second-order valence-corrected chi connectivity index (χ2v) is 7.14. The molecule has 0 saturated carbocycles. The number of aromatic nitrogens is 4. The molecular formula is C22H15ClF2N6O2. The molecule has 4 aromatic rings. The fourth-order valence-electron chi connectivity index (χ4n) is 3.18. The SMILES string of the molecule is [2H]C([2H])([2H])Oc1cc(-c2ccc(F)c(Cl)c2F)c2ncnc(N)c2c1O[C@H](C)c1ncc(C#N)cn1. The van der Waals surface area contributed by atoms with E-state index in [4.69, 9.17) is 36.2 Å².